The molecule has 0 bridgehead atoms. The molecular weight excluding hydrogens is 332 g/mol. The van der Waals surface area contributed by atoms with Crippen LogP contribution in [0.3, 0.4) is 0 Å². The maximum atomic E-state index is 12.3. The van der Waals surface area contributed by atoms with E-state index in [1.54, 1.807) is 0 Å². The summed E-state index contributed by atoms with van der Waals surface area (Å²) in [6.07, 6.45) is 1.37. The van der Waals surface area contributed by atoms with Crippen molar-refractivity contribution in [2.24, 2.45) is 5.41 Å². The van der Waals surface area contributed by atoms with Gasteiger partial charge in [-0.2, -0.15) is 4.37 Å². The lowest BCUT2D eigenvalue weighted by Crippen LogP contribution is -2.49. The van der Waals surface area contributed by atoms with Gasteiger partial charge < -0.3 is 9.80 Å². The number of rotatable bonds is 4. The van der Waals surface area contributed by atoms with Crippen molar-refractivity contribution in [2.45, 2.75) is 33.6 Å². The third-order valence-electron chi connectivity index (χ3n) is 4.25. The van der Waals surface area contributed by atoms with Crippen molar-refractivity contribution in [2.75, 3.05) is 31.1 Å². The number of benzene rings is 1. The minimum absolute atomic E-state index is 0.0415. The summed E-state index contributed by atoms with van der Waals surface area (Å²) in [7, 11) is 0. The van der Waals surface area contributed by atoms with Crippen LogP contribution >= 0.6 is 11.5 Å². The van der Waals surface area contributed by atoms with E-state index in [0.29, 0.717) is 6.42 Å². The molecule has 2 aromatic rings. The summed E-state index contributed by atoms with van der Waals surface area (Å²) in [6, 6.07) is 10.3. The summed E-state index contributed by atoms with van der Waals surface area (Å²) in [5.74, 6) is 1.13. The van der Waals surface area contributed by atoms with E-state index >= 15 is 0 Å². The van der Waals surface area contributed by atoms with E-state index in [4.69, 9.17) is 0 Å². The third-order valence-corrected chi connectivity index (χ3v) is 5.06. The number of anilines is 1. The number of carbonyl (C=O) groups is 1. The van der Waals surface area contributed by atoms with Gasteiger partial charge in [-0.25, -0.2) is 4.98 Å². The number of nitrogens with zero attached hydrogens (tertiary/aromatic N) is 4. The summed E-state index contributed by atoms with van der Waals surface area (Å²) < 4.78 is 4.50. The number of aromatic nitrogens is 2. The van der Waals surface area contributed by atoms with Gasteiger partial charge in [0.1, 0.15) is 5.82 Å². The number of piperazine rings is 1. The lowest BCUT2D eigenvalue weighted by Gasteiger charge is -2.35. The van der Waals surface area contributed by atoms with Crippen LogP contribution in [0.15, 0.2) is 30.3 Å². The molecule has 0 N–H and O–H groups in total. The first kappa shape index (κ1) is 17.9. The number of hydrogen-bond acceptors (Lipinski definition) is 5. The summed E-state index contributed by atoms with van der Waals surface area (Å²) in [6.45, 7) is 9.51. The highest BCUT2D eigenvalue weighted by molar-refractivity contribution is 7.09. The number of amides is 1. The largest absolute Gasteiger partial charge is 0.343 e. The average Bonchev–Trinajstić information content (AvgIpc) is 3.03. The molecule has 1 aliphatic rings. The quantitative estimate of drug-likeness (QED) is 0.842. The van der Waals surface area contributed by atoms with Crippen molar-refractivity contribution in [1.29, 1.82) is 0 Å². The molecule has 0 atom stereocenters. The smallest absolute Gasteiger partial charge is 0.223 e. The first-order valence-electron chi connectivity index (χ1n) is 8.80. The first-order chi connectivity index (χ1) is 11.9. The normalized spacial score (nSPS) is 15.5. The van der Waals surface area contributed by atoms with E-state index in [2.05, 4.69) is 47.2 Å². The molecule has 0 saturated carbocycles. The topological polar surface area (TPSA) is 49.3 Å². The Bertz CT molecular complexity index is 700. The van der Waals surface area contributed by atoms with E-state index < -0.39 is 0 Å². The number of carbonyl (C=O) groups excluding carboxylic acids is 1. The molecule has 1 fully saturated rings. The lowest BCUT2D eigenvalue weighted by molar-refractivity contribution is -0.133. The van der Waals surface area contributed by atoms with Crippen LogP contribution in [0.5, 0.6) is 0 Å². The van der Waals surface area contributed by atoms with Crippen molar-refractivity contribution >= 4 is 22.6 Å². The van der Waals surface area contributed by atoms with Crippen LogP contribution in [0.1, 0.15) is 38.6 Å². The zero-order valence-corrected chi connectivity index (χ0v) is 16.1. The molecular formula is C19H26N4OS. The molecule has 0 aliphatic carbocycles. The molecule has 5 nitrogen and oxygen atoms in total. The molecule has 0 radical (unpaired) electrons. The second-order valence-electron chi connectivity index (χ2n) is 7.76. The van der Waals surface area contributed by atoms with Gasteiger partial charge in [-0.3, -0.25) is 4.79 Å². The second-order valence-corrected chi connectivity index (χ2v) is 8.49. The highest BCUT2D eigenvalue weighted by Gasteiger charge is 2.26. The lowest BCUT2D eigenvalue weighted by atomic mass is 9.91. The van der Waals surface area contributed by atoms with E-state index in [1.807, 2.05) is 23.1 Å². The van der Waals surface area contributed by atoms with Crippen LogP contribution in [0.25, 0.3) is 0 Å². The van der Waals surface area contributed by atoms with Crippen LogP contribution in [-0.4, -0.2) is 46.3 Å². The highest BCUT2D eigenvalue weighted by Crippen LogP contribution is 2.23. The molecule has 3 rings (SSSR count). The monoisotopic (exact) mass is 358 g/mol. The zero-order valence-electron chi connectivity index (χ0n) is 15.2. The van der Waals surface area contributed by atoms with E-state index in [1.165, 1.54) is 17.1 Å². The van der Waals surface area contributed by atoms with Gasteiger partial charge >= 0.3 is 0 Å². The van der Waals surface area contributed by atoms with Crippen LogP contribution in [0.4, 0.5) is 5.13 Å². The maximum Gasteiger partial charge on any atom is 0.223 e. The maximum absolute atomic E-state index is 12.3. The highest BCUT2D eigenvalue weighted by atomic mass is 32.1. The Balaban J connectivity index is 1.54. The van der Waals surface area contributed by atoms with Gasteiger partial charge in [-0.05, 0) is 11.0 Å². The molecule has 134 valence electrons. The van der Waals surface area contributed by atoms with Gasteiger partial charge in [-0.15, -0.1) is 0 Å². The summed E-state index contributed by atoms with van der Waals surface area (Å²) in [4.78, 5) is 21.3. The minimum atomic E-state index is 0.0415. The van der Waals surface area contributed by atoms with Crippen LogP contribution in [-0.2, 0) is 11.2 Å². The Labute approximate surface area is 153 Å². The zero-order chi connectivity index (χ0) is 17.9. The Morgan fingerprint density at radius 1 is 1.12 bits per heavy atom. The molecule has 1 saturated heterocycles. The molecule has 1 aromatic heterocycles. The van der Waals surface area contributed by atoms with Crippen molar-refractivity contribution in [3.05, 3.63) is 41.7 Å². The predicted molar refractivity (Wildman–Crippen MR) is 102 cm³/mol. The first-order valence-corrected chi connectivity index (χ1v) is 9.57. The van der Waals surface area contributed by atoms with Crippen molar-refractivity contribution < 1.29 is 4.79 Å². The summed E-state index contributed by atoms with van der Waals surface area (Å²) >= 11 is 1.46. The van der Waals surface area contributed by atoms with Gasteiger partial charge in [0.15, 0.2) is 0 Å². The minimum Gasteiger partial charge on any atom is -0.343 e. The molecule has 0 unspecified atom stereocenters. The summed E-state index contributed by atoms with van der Waals surface area (Å²) in [5.41, 5.74) is 1.27. The van der Waals surface area contributed by atoms with E-state index in [9.17, 15) is 4.79 Å². The van der Waals surface area contributed by atoms with Gasteiger partial charge in [0.05, 0.1) is 0 Å². The fourth-order valence-corrected chi connectivity index (χ4v) is 3.67. The average molecular weight is 359 g/mol. The predicted octanol–water partition coefficient (Wildman–Crippen LogP) is 3.21. The SMILES string of the molecule is CC(C)(C)CC(=O)N1CCN(c2nc(Cc3ccccc3)ns2)CC1. The standard InChI is InChI=1S/C19H26N4OS/c1-19(2,3)14-17(24)22-9-11-23(12-10-22)18-20-16(21-25-18)13-15-7-5-4-6-8-15/h4-8H,9-14H2,1-3H3. The molecule has 25 heavy (non-hydrogen) atoms. The van der Waals surface area contributed by atoms with Crippen LogP contribution in [0, 0.1) is 5.41 Å². The fraction of sp³-hybridized carbons (Fsp3) is 0.526. The van der Waals surface area contributed by atoms with Gasteiger partial charge in [0.2, 0.25) is 11.0 Å². The van der Waals surface area contributed by atoms with Gasteiger partial charge in [0, 0.05) is 50.6 Å². The Kier molecular flexibility index (Phi) is 5.37. The molecule has 2 heterocycles. The molecule has 1 amide bonds. The summed E-state index contributed by atoms with van der Waals surface area (Å²) in [5, 5.41) is 0.967. The molecule has 1 aliphatic heterocycles. The van der Waals surface area contributed by atoms with E-state index in [0.717, 1.165) is 43.6 Å². The second kappa shape index (κ2) is 7.52. The fourth-order valence-electron chi connectivity index (χ4n) is 2.94. The van der Waals surface area contributed by atoms with Gasteiger partial charge in [0.25, 0.3) is 0 Å². The number of hydrogen-bond donors (Lipinski definition) is 0. The van der Waals surface area contributed by atoms with Crippen molar-refractivity contribution in [3.8, 4) is 0 Å². The third kappa shape index (κ3) is 5.01. The van der Waals surface area contributed by atoms with Crippen molar-refractivity contribution in [1.82, 2.24) is 14.3 Å². The molecule has 0 spiro atoms. The Hall–Kier alpha value is -1.95. The van der Waals surface area contributed by atoms with Crippen LogP contribution < -0.4 is 4.90 Å². The molecule has 1 aromatic carbocycles. The Morgan fingerprint density at radius 2 is 1.80 bits per heavy atom. The van der Waals surface area contributed by atoms with Crippen molar-refractivity contribution in [3.63, 3.8) is 0 Å². The van der Waals surface area contributed by atoms with Crippen LogP contribution in [0.2, 0.25) is 0 Å². The van der Waals surface area contributed by atoms with Gasteiger partial charge in [-0.1, -0.05) is 51.1 Å². The molecule has 6 heteroatoms. The van der Waals surface area contributed by atoms with E-state index in [-0.39, 0.29) is 11.3 Å². The Morgan fingerprint density at radius 3 is 2.44 bits per heavy atom.